The zero-order chi connectivity index (χ0) is 14.8. The number of hydrogen-bond donors (Lipinski definition) is 1. The molecule has 1 aliphatic heterocycles. The number of hydrogen-bond acceptors (Lipinski definition) is 2. The first kappa shape index (κ1) is 14.6. The van der Waals surface area contributed by atoms with Crippen molar-refractivity contribution in [3.63, 3.8) is 0 Å². The Morgan fingerprint density at radius 1 is 1.25 bits per heavy atom. The van der Waals surface area contributed by atoms with Gasteiger partial charge in [-0.3, -0.25) is 9.59 Å². The fourth-order valence-electron chi connectivity index (χ4n) is 2.78. The quantitative estimate of drug-likeness (QED) is 0.915. The summed E-state index contributed by atoms with van der Waals surface area (Å²) in [5.41, 5.74) is 0.541. The lowest BCUT2D eigenvalue weighted by molar-refractivity contribution is -0.150. The third-order valence-corrected chi connectivity index (χ3v) is 3.85. The van der Waals surface area contributed by atoms with Crippen LogP contribution in [-0.2, 0) is 9.59 Å². The van der Waals surface area contributed by atoms with Crippen molar-refractivity contribution >= 4 is 11.8 Å². The SMILES string of the molecule is CCCC(C)(C)N1CC(=O)NC(c2ccccc2)C1=O. The molecule has 0 saturated carbocycles. The van der Waals surface area contributed by atoms with E-state index in [4.69, 9.17) is 0 Å². The van der Waals surface area contributed by atoms with E-state index in [0.29, 0.717) is 0 Å². The average Bonchev–Trinajstić information content (AvgIpc) is 2.42. The maximum absolute atomic E-state index is 12.7. The lowest BCUT2D eigenvalue weighted by Crippen LogP contribution is -2.60. The predicted octanol–water partition coefficient (Wildman–Crippen LogP) is 2.26. The normalized spacial score (nSPS) is 19.9. The van der Waals surface area contributed by atoms with Crippen molar-refractivity contribution in [3.05, 3.63) is 35.9 Å². The molecule has 1 atom stereocenters. The number of benzene rings is 1. The van der Waals surface area contributed by atoms with Crippen molar-refractivity contribution in [3.8, 4) is 0 Å². The maximum Gasteiger partial charge on any atom is 0.250 e. The highest BCUT2D eigenvalue weighted by Gasteiger charge is 2.40. The zero-order valence-electron chi connectivity index (χ0n) is 12.3. The van der Waals surface area contributed by atoms with Crippen LogP contribution in [0.25, 0.3) is 0 Å². The topological polar surface area (TPSA) is 49.4 Å². The largest absolute Gasteiger partial charge is 0.339 e. The molecule has 1 heterocycles. The average molecular weight is 274 g/mol. The van der Waals surface area contributed by atoms with E-state index in [1.165, 1.54) is 0 Å². The van der Waals surface area contributed by atoms with Gasteiger partial charge in [-0.1, -0.05) is 43.7 Å². The van der Waals surface area contributed by atoms with Crippen LogP contribution in [0.1, 0.15) is 45.2 Å². The summed E-state index contributed by atoms with van der Waals surface area (Å²) in [6.45, 7) is 6.28. The van der Waals surface area contributed by atoms with Gasteiger partial charge in [-0.15, -0.1) is 0 Å². The molecule has 1 aromatic carbocycles. The monoisotopic (exact) mass is 274 g/mol. The third-order valence-electron chi connectivity index (χ3n) is 3.85. The van der Waals surface area contributed by atoms with Gasteiger partial charge in [0.15, 0.2) is 0 Å². The van der Waals surface area contributed by atoms with E-state index >= 15 is 0 Å². The second-order valence-electron chi connectivity index (χ2n) is 5.90. The first-order valence-electron chi connectivity index (χ1n) is 7.11. The summed E-state index contributed by atoms with van der Waals surface area (Å²) < 4.78 is 0. The summed E-state index contributed by atoms with van der Waals surface area (Å²) in [7, 11) is 0. The summed E-state index contributed by atoms with van der Waals surface area (Å²) in [6, 6.07) is 8.85. The minimum Gasteiger partial charge on any atom is -0.339 e. The third kappa shape index (κ3) is 2.84. The molecule has 1 saturated heterocycles. The predicted molar refractivity (Wildman–Crippen MR) is 78.0 cm³/mol. The first-order valence-corrected chi connectivity index (χ1v) is 7.11. The van der Waals surface area contributed by atoms with Gasteiger partial charge < -0.3 is 10.2 Å². The highest BCUT2D eigenvalue weighted by Crippen LogP contribution is 2.27. The van der Waals surface area contributed by atoms with Gasteiger partial charge in [-0.25, -0.2) is 0 Å². The molecule has 20 heavy (non-hydrogen) atoms. The molecule has 0 radical (unpaired) electrons. The Hall–Kier alpha value is -1.84. The van der Waals surface area contributed by atoms with Crippen molar-refractivity contribution < 1.29 is 9.59 Å². The van der Waals surface area contributed by atoms with E-state index in [1.54, 1.807) is 4.90 Å². The summed E-state index contributed by atoms with van der Waals surface area (Å²) >= 11 is 0. The van der Waals surface area contributed by atoms with Gasteiger partial charge in [0.1, 0.15) is 12.6 Å². The second-order valence-corrected chi connectivity index (χ2v) is 5.90. The molecule has 1 N–H and O–H groups in total. The minimum atomic E-state index is -0.561. The van der Waals surface area contributed by atoms with Gasteiger partial charge in [-0.2, -0.15) is 0 Å². The summed E-state index contributed by atoms with van der Waals surface area (Å²) in [5, 5.41) is 2.80. The van der Waals surface area contributed by atoms with Gasteiger partial charge in [0.25, 0.3) is 5.91 Å². The fourth-order valence-corrected chi connectivity index (χ4v) is 2.78. The van der Waals surface area contributed by atoms with Crippen LogP contribution in [0.3, 0.4) is 0 Å². The van der Waals surface area contributed by atoms with Crippen molar-refractivity contribution in [2.75, 3.05) is 6.54 Å². The smallest absolute Gasteiger partial charge is 0.250 e. The highest BCUT2D eigenvalue weighted by atomic mass is 16.2. The summed E-state index contributed by atoms with van der Waals surface area (Å²) in [4.78, 5) is 26.4. The van der Waals surface area contributed by atoms with Gasteiger partial charge >= 0.3 is 0 Å². The molecule has 4 nitrogen and oxygen atoms in total. The highest BCUT2D eigenvalue weighted by molar-refractivity contribution is 5.96. The second kappa shape index (κ2) is 5.65. The molecule has 4 heteroatoms. The number of amides is 2. The Labute approximate surface area is 120 Å². The van der Waals surface area contributed by atoms with Gasteiger partial charge in [0.2, 0.25) is 5.91 Å². The molecule has 2 rings (SSSR count). The van der Waals surface area contributed by atoms with Crippen LogP contribution >= 0.6 is 0 Å². The number of carbonyl (C=O) groups is 2. The Morgan fingerprint density at radius 2 is 1.90 bits per heavy atom. The van der Waals surface area contributed by atoms with Crippen molar-refractivity contribution in [2.24, 2.45) is 0 Å². The van der Waals surface area contributed by atoms with Crippen LogP contribution in [-0.4, -0.2) is 28.8 Å². The van der Waals surface area contributed by atoms with E-state index in [1.807, 2.05) is 44.2 Å². The Morgan fingerprint density at radius 3 is 2.50 bits per heavy atom. The van der Waals surface area contributed by atoms with E-state index in [9.17, 15) is 9.59 Å². The van der Waals surface area contributed by atoms with Crippen molar-refractivity contribution in [2.45, 2.75) is 45.2 Å². The molecule has 0 aromatic heterocycles. The standard InChI is InChI=1S/C16H22N2O2/c1-4-10-16(2,3)18-11-13(19)17-14(15(18)20)12-8-6-5-7-9-12/h5-9,14H,4,10-11H2,1-3H3,(H,17,19). The lowest BCUT2D eigenvalue weighted by Gasteiger charge is -2.43. The number of carbonyl (C=O) groups excluding carboxylic acids is 2. The number of rotatable bonds is 4. The number of piperazine rings is 1. The molecule has 0 aliphatic carbocycles. The molecule has 0 spiro atoms. The molecular weight excluding hydrogens is 252 g/mol. The van der Waals surface area contributed by atoms with Crippen molar-refractivity contribution in [1.82, 2.24) is 10.2 Å². The van der Waals surface area contributed by atoms with Crippen molar-refractivity contribution in [1.29, 1.82) is 0 Å². The number of nitrogens with one attached hydrogen (secondary N) is 1. The van der Waals surface area contributed by atoms with Gasteiger partial charge in [-0.05, 0) is 25.8 Å². The first-order chi connectivity index (χ1) is 9.45. The minimum absolute atomic E-state index is 0.0192. The molecule has 108 valence electrons. The zero-order valence-corrected chi connectivity index (χ0v) is 12.3. The van der Waals surface area contributed by atoms with E-state index < -0.39 is 6.04 Å². The molecule has 1 aliphatic rings. The van der Waals surface area contributed by atoms with Gasteiger partial charge in [0, 0.05) is 5.54 Å². The Balaban J connectivity index is 2.29. The van der Waals surface area contributed by atoms with E-state index in [-0.39, 0.29) is 23.9 Å². The number of nitrogens with zero attached hydrogens (tertiary/aromatic N) is 1. The van der Waals surface area contributed by atoms with Gasteiger partial charge in [0.05, 0.1) is 0 Å². The van der Waals surface area contributed by atoms with Crippen LogP contribution in [0.4, 0.5) is 0 Å². The molecule has 0 bridgehead atoms. The van der Waals surface area contributed by atoms with Crippen LogP contribution in [0.2, 0.25) is 0 Å². The Kier molecular flexibility index (Phi) is 4.12. The fraction of sp³-hybridized carbons (Fsp3) is 0.500. The van der Waals surface area contributed by atoms with Crippen LogP contribution in [0.5, 0.6) is 0 Å². The van der Waals surface area contributed by atoms with Crippen LogP contribution in [0.15, 0.2) is 30.3 Å². The van der Waals surface area contributed by atoms with Crippen LogP contribution < -0.4 is 5.32 Å². The van der Waals surface area contributed by atoms with Crippen LogP contribution in [0, 0.1) is 0 Å². The molecular formula is C16H22N2O2. The van der Waals surface area contributed by atoms with E-state index in [0.717, 1.165) is 18.4 Å². The maximum atomic E-state index is 12.7. The molecule has 1 unspecified atom stereocenters. The van der Waals surface area contributed by atoms with E-state index in [2.05, 4.69) is 12.2 Å². The molecule has 1 aromatic rings. The molecule has 1 fully saturated rings. The Bertz CT molecular complexity index is 496. The summed E-state index contributed by atoms with van der Waals surface area (Å²) in [5.74, 6) is -0.114. The summed E-state index contributed by atoms with van der Waals surface area (Å²) in [6.07, 6.45) is 1.86. The lowest BCUT2D eigenvalue weighted by atomic mass is 9.93. The molecule has 2 amide bonds.